The van der Waals surface area contributed by atoms with Crippen molar-refractivity contribution in [3.05, 3.63) is 146 Å². The van der Waals surface area contributed by atoms with Crippen molar-refractivity contribution in [1.29, 1.82) is 0 Å². The minimum atomic E-state index is -1.58. The molecular formula is C61H97NO8. The summed E-state index contributed by atoms with van der Waals surface area (Å²) in [5.74, 6) is -0.208. The lowest BCUT2D eigenvalue weighted by Crippen LogP contribution is -2.60. The van der Waals surface area contributed by atoms with Gasteiger partial charge in [-0.1, -0.05) is 205 Å². The molecule has 9 heteroatoms. The first-order chi connectivity index (χ1) is 34.3. The van der Waals surface area contributed by atoms with Crippen LogP contribution in [0.25, 0.3) is 0 Å². The molecule has 0 aliphatic carbocycles. The third-order valence-corrected chi connectivity index (χ3v) is 11.6. The number of carbonyl (C=O) groups excluding carboxylic acids is 1. The zero-order valence-electron chi connectivity index (χ0n) is 43.5. The van der Waals surface area contributed by atoms with Gasteiger partial charge in [-0.2, -0.15) is 0 Å². The van der Waals surface area contributed by atoms with Crippen LogP contribution in [0, 0.1) is 0 Å². The lowest BCUT2D eigenvalue weighted by atomic mass is 9.99. The molecule has 1 fully saturated rings. The highest BCUT2D eigenvalue weighted by molar-refractivity contribution is 5.76. The number of nitrogens with one attached hydrogen (secondary N) is 1. The number of ether oxygens (including phenoxy) is 2. The van der Waals surface area contributed by atoms with E-state index in [4.69, 9.17) is 9.47 Å². The van der Waals surface area contributed by atoms with Crippen molar-refractivity contribution in [3.63, 3.8) is 0 Å². The molecule has 0 saturated carbocycles. The number of allylic oxidation sites excluding steroid dienone is 23. The Bertz CT molecular complexity index is 1600. The molecule has 0 aromatic heterocycles. The van der Waals surface area contributed by atoms with E-state index in [0.717, 1.165) is 122 Å². The summed E-state index contributed by atoms with van der Waals surface area (Å²) in [7, 11) is 0. The molecule has 0 aromatic carbocycles. The Hall–Kier alpha value is -3.93. The Kier molecular flexibility index (Phi) is 44.6. The second-order valence-corrected chi connectivity index (χ2v) is 17.9. The van der Waals surface area contributed by atoms with E-state index in [2.05, 4.69) is 153 Å². The predicted octanol–water partition coefficient (Wildman–Crippen LogP) is 13.1. The summed E-state index contributed by atoms with van der Waals surface area (Å²) in [5.41, 5.74) is 0. The molecule has 0 aromatic rings. The van der Waals surface area contributed by atoms with Gasteiger partial charge in [0.05, 0.1) is 25.4 Å². The van der Waals surface area contributed by atoms with Gasteiger partial charge in [-0.25, -0.2) is 0 Å². The predicted molar refractivity (Wildman–Crippen MR) is 294 cm³/mol. The van der Waals surface area contributed by atoms with Gasteiger partial charge < -0.3 is 40.3 Å². The Balaban J connectivity index is 2.16. The van der Waals surface area contributed by atoms with Crippen molar-refractivity contribution in [2.45, 2.75) is 217 Å². The monoisotopic (exact) mass is 972 g/mol. The fourth-order valence-electron chi connectivity index (χ4n) is 7.42. The summed E-state index contributed by atoms with van der Waals surface area (Å²) >= 11 is 0. The molecule has 0 radical (unpaired) electrons. The average molecular weight is 972 g/mol. The minimum Gasteiger partial charge on any atom is -0.394 e. The molecule has 7 unspecified atom stereocenters. The van der Waals surface area contributed by atoms with Crippen LogP contribution in [0.3, 0.4) is 0 Å². The van der Waals surface area contributed by atoms with Gasteiger partial charge >= 0.3 is 0 Å². The van der Waals surface area contributed by atoms with Crippen LogP contribution in [-0.4, -0.2) is 87.5 Å². The summed E-state index contributed by atoms with van der Waals surface area (Å²) < 4.78 is 11.2. The van der Waals surface area contributed by atoms with E-state index in [1.807, 2.05) is 6.08 Å². The summed E-state index contributed by atoms with van der Waals surface area (Å²) in [4.78, 5) is 13.0. The third-order valence-electron chi connectivity index (χ3n) is 11.6. The summed E-state index contributed by atoms with van der Waals surface area (Å²) in [5, 5.41) is 54.1. The second-order valence-electron chi connectivity index (χ2n) is 17.9. The van der Waals surface area contributed by atoms with E-state index in [-0.39, 0.29) is 12.5 Å². The van der Waals surface area contributed by atoms with Crippen molar-refractivity contribution in [1.82, 2.24) is 5.32 Å². The van der Waals surface area contributed by atoms with Gasteiger partial charge in [0.25, 0.3) is 0 Å². The van der Waals surface area contributed by atoms with E-state index >= 15 is 0 Å². The van der Waals surface area contributed by atoms with Crippen LogP contribution < -0.4 is 5.32 Å². The van der Waals surface area contributed by atoms with Gasteiger partial charge in [-0.05, 0) is 109 Å². The molecule has 9 nitrogen and oxygen atoms in total. The number of unbranched alkanes of at least 4 members (excludes halogenated alkanes) is 11. The van der Waals surface area contributed by atoms with Crippen molar-refractivity contribution in [2.24, 2.45) is 0 Å². The molecular weight excluding hydrogens is 875 g/mol. The van der Waals surface area contributed by atoms with Crippen molar-refractivity contribution in [3.8, 4) is 0 Å². The zero-order chi connectivity index (χ0) is 50.8. The van der Waals surface area contributed by atoms with E-state index in [0.29, 0.717) is 6.42 Å². The van der Waals surface area contributed by atoms with Gasteiger partial charge in [0.2, 0.25) is 5.91 Å². The number of aliphatic hydroxyl groups excluding tert-OH is 5. The zero-order valence-corrected chi connectivity index (χ0v) is 43.5. The quantitative estimate of drug-likeness (QED) is 0.0261. The minimum absolute atomic E-state index is 0.208. The highest BCUT2D eigenvalue weighted by Gasteiger charge is 2.44. The van der Waals surface area contributed by atoms with Gasteiger partial charge in [-0.3, -0.25) is 4.79 Å². The molecule has 1 rings (SSSR count). The largest absolute Gasteiger partial charge is 0.394 e. The van der Waals surface area contributed by atoms with Crippen LogP contribution >= 0.6 is 0 Å². The lowest BCUT2D eigenvalue weighted by Gasteiger charge is -2.40. The molecule has 1 aliphatic rings. The molecule has 1 heterocycles. The maximum atomic E-state index is 13.0. The number of hydrogen-bond donors (Lipinski definition) is 6. The van der Waals surface area contributed by atoms with Crippen LogP contribution in [0.1, 0.15) is 174 Å². The first kappa shape index (κ1) is 64.1. The molecule has 1 saturated heterocycles. The molecule has 394 valence electrons. The van der Waals surface area contributed by atoms with Crippen LogP contribution in [0.4, 0.5) is 0 Å². The van der Waals surface area contributed by atoms with Crippen molar-refractivity contribution in [2.75, 3.05) is 13.2 Å². The maximum Gasteiger partial charge on any atom is 0.220 e. The second kappa shape index (κ2) is 48.7. The van der Waals surface area contributed by atoms with E-state index in [1.165, 1.54) is 32.1 Å². The SMILES string of the molecule is CC/C=C\C/C=C\C/C=C\C/C=C\C/C=C\C/C=C\C/C=C\C/C=C\C/C=C\CCCCCCCCCCCC(=O)NC(COC1OC(CO)C(O)C(O)C1O)C(O)/C=C/CC/C=C/CC/C=C/CC. The number of rotatable bonds is 43. The molecule has 7 atom stereocenters. The molecule has 0 bridgehead atoms. The summed E-state index contributed by atoms with van der Waals surface area (Å²) in [6, 6.07) is -0.840. The number of aliphatic hydroxyl groups is 5. The summed E-state index contributed by atoms with van der Waals surface area (Å²) in [6.45, 7) is 3.48. The van der Waals surface area contributed by atoms with E-state index in [9.17, 15) is 30.3 Å². The molecule has 0 spiro atoms. The Morgan fingerprint density at radius 2 is 0.857 bits per heavy atom. The van der Waals surface area contributed by atoms with E-state index < -0.39 is 49.5 Å². The molecule has 6 N–H and O–H groups in total. The smallest absolute Gasteiger partial charge is 0.220 e. The van der Waals surface area contributed by atoms with Crippen LogP contribution in [0.5, 0.6) is 0 Å². The molecule has 70 heavy (non-hydrogen) atoms. The van der Waals surface area contributed by atoms with E-state index in [1.54, 1.807) is 6.08 Å². The molecule has 1 aliphatic heterocycles. The number of hydrogen-bond acceptors (Lipinski definition) is 8. The highest BCUT2D eigenvalue weighted by Crippen LogP contribution is 2.22. The Labute approximate surface area is 425 Å². The highest BCUT2D eigenvalue weighted by atomic mass is 16.7. The standard InChI is InChI=1S/C61H97NO8/c1-3-5-7-9-11-13-15-16-17-18-19-20-21-22-23-24-25-26-27-28-29-30-31-32-33-34-35-36-37-38-39-40-41-43-45-47-49-51-57(65)62-54(53-69-61-60(68)59(67)58(66)56(52-63)70-61)55(64)50-48-46-44-42-14-12-10-8-6-4-2/h5-8,11,13-14,16-17,19-20,22-23,25-26,28-29,31-32,34-35,42,48,50,54-56,58-61,63-64,66-68H,3-4,9-10,12,15,18,21,24,27,30,33,36-41,43-47,49,51-53H2,1-2H3,(H,62,65)/b7-5-,8-6+,13-11-,17-16-,20-19-,23-22-,26-25-,29-28-,32-31-,35-34-,42-14+,50-48+. The fraction of sp³-hybridized carbons (Fsp3) is 0.590. The number of amides is 1. The fourth-order valence-corrected chi connectivity index (χ4v) is 7.42. The third kappa shape index (κ3) is 37.8. The van der Waals surface area contributed by atoms with Gasteiger partial charge in [0, 0.05) is 6.42 Å². The first-order valence-corrected chi connectivity index (χ1v) is 27.1. The van der Waals surface area contributed by atoms with Crippen molar-refractivity contribution >= 4 is 5.91 Å². The topological polar surface area (TPSA) is 149 Å². The lowest BCUT2D eigenvalue weighted by molar-refractivity contribution is -0.302. The van der Waals surface area contributed by atoms with Gasteiger partial charge in [-0.15, -0.1) is 0 Å². The first-order valence-electron chi connectivity index (χ1n) is 27.1. The van der Waals surface area contributed by atoms with Crippen LogP contribution in [0.15, 0.2) is 146 Å². The van der Waals surface area contributed by atoms with Crippen LogP contribution in [0.2, 0.25) is 0 Å². The van der Waals surface area contributed by atoms with Crippen LogP contribution in [-0.2, 0) is 14.3 Å². The molecule has 1 amide bonds. The number of carbonyl (C=O) groups is 1. The van der Waals surface area contributed by atoms with Crippen molar-refractivity contribution < 1.29 is 39.8 Å². The Morgan fingerprint density at radius 1 is 0.486 bits per heavy atom. The maximum absolute atomic E-state index is 13.0. The Morgan fingerprint density at radius 3 is 1.31 bits per heavy atom. The van der Waals surface area contributed by atoms with Gasteiger partial charge in [0.15, 0.2) is 6.29 Å². The summed E-state index contributed by atoms with van der Waals surface area (Å²) in [6.07, 6.45) is 69.3. The normalized spacial score (nSPS) is 20.6. The van der Waals surface area contributed by atoms with Gasteiger partial charge in [0.1, 0.15) is 24.4 Å². The average Bonchev–Trinajstić information content (AvgIpc) is 3.36.